The minimum atomic E-state index is -3.45. The van der Waals surface area contributed by atoms with E-state index in [0.717, 1.165) is 25.6 Å². The Bertz CT molecular complexity index is 579. The van der Waals surface area contributed by atoms with Gasteiger partial charge in [-0.1, -0.05) is 6.92 Å². The number of nitrogens with zero attached hydrogens (tertiary/aromatic N) is 1. The van der Waals surface area contributed by atoms with Crippen molar-refractivity contribution >= 4 is 15.7 Å². The predicted octanol–water partition coefficient (Wildman–Crippen LogP) is 1.59. The number of anilines is 1. The second-order valence-corrected chi connectivity index (χ2v) is 7.68. The standard InChI is InChI=1S/C15H25N3O2S/c1-12-5-8-18(9-6-12)10-7-17-21(19,20)15-4-3-14(16)11-13(15)2/h3-4,11-12,17H,5-10,16H2,1-2H3. The van der Waals surface area contributed by atoms with Crippen molar-refractivity contribution in [1.82, 2.24) is 9.62 Å². The molecule has 0 aromatic heterocycles. The smallest absolute Gasteiger partial charge is 0.240 e. The molecular formula is C15H25N3O2S. The van der Waals surface area contributed by atoms with Crippen molar-refractivity contribution in [2.75, 3.05) is 31.9 Å². The molecule has 3 N–H and O–H groups in total. The maximum Gasteiger partial charge on any atom is 0.240 e. The molecule has 1 saturated heterocycles. The first-order valence-corrected chi connectivity index (χ1v) is 8.95. The van der Waals surface area contributed by atoms with E-state index in [1.807, 2.05) is 0 Å². The van der Waals surface area contributed by atoms with Crippen LogP contribution in [0.25, 0.3) is 0 Å². The summed E-state index contributed by atoms with van der Waals surface area (Å²) in [6, 6.07) is 4.86. The summed E-state index contributed by atoms with van der Waals surface area (Å²) in [5, 5.41) is 0. The zero-order chi connectivity index (χ0) is 15.5. The average Bonchev–Trinajstić information content (AvgIpc) is 2.40. The van der Waals surface area contributed by atoms with Crippen LogP contribution in [-0.4, -0.2) is 39.5 Å². The molecule has 0 radical (unpaired) electrons. The number of rotatable bonds is 5. The van der Waals surface area contributed by atoms with E-state index < -0.39 is 10.0 Å². The van der Waals surface area contributed by atoms with Crippen molar-refractivity contribution < 1.29 is 8.42 Å². The van der Waals surface area contributed by atoms with Crippen molar-refractivity contribution in [3.63, 3.8) is 0 Å². The minimum Gasteiger partial charge on any atom is -0.399 e. The Hall–Kier alpha value is -1.11. The van der Waals surface area contributed by atoms with Gasteiger partial charge in [-0.2, -0.15) is 0 Å². The van der Waals surface area contributed by atoms with Crippen LogP contribution in [0.5, 0.6) is 0 Å². The Morgan fingerprint density at radius 2 is 2.00 bits per heavy atom. The summed E-state index contributed by atoms with van der Waals surface area (Å²) in [5.74, 6) is 0.787. The quantitative estimate of drug-likeness (QED) is 0.810. The molecule has 2 rings (SSSR count). The van der Waals surface area contributed by atoms with Crippen LogP contribution in [0.1, 0.15) is 25.3 Å². The summed E-state index contributed by atoms with van der Waals surface area (Å²) >= 11 is 0. The maximum absolute atomic E-state index is 12.3. The predicted molar refractivity (Wildman–Crippen MR) is 85.6 cm³/mol. The van der Waals surface area contributed by atoms with Crippen LogP contribution in [0, 0.1) is 12.8 Å². The Morgan fingerprint density at radius 1 is 1.33 bits per heavy atom. The third-order valence-corrected chi connectivity index (χ3v) is 5.71. The molecular weight excluding hydrogens is 286 g/mol. The molecule has 0 spiro atoms. The van der Waals surface area contributed by atoms with Crippen LogP contribution in [0.2, 0.25) is 0 Å². The van der Waals surface area contributed by atoms with Crippen LogP contribution in [0.4, 0.5) is 5.69 Å². The van der Waals surface area contributed by atoms with Gasteiger partial charge in [-0.05, 0) is 62.5 Å². The number of nitrogens with one attached hydrogen (secondary N) is 1. The first-order valence-electron chi connectivity index (χ1n) is 7.46. The molecule has 21 heavy (non-hydrogen) atoms. The van der Waals surface area contributed by atoms with E-state index in [-0.39, 0.29) is 0 Å². The molecule has 0 saturated carbocycles. The number of hydrogen-bond donors (Lipinski definition) is 2. The molecule has 0 aliphatic carbocycles. The zero-order valence-electron chi connectivity index (χ0n) is 12.8. The van der Waals surface area contributed by atoms with E-state index in [4.69, 9.17) is 5.73 Å². The molecule has 1 aliphatic rings. The summed E-state index contributed by atoms with van der Waals surface area (Å²) < 4.78 is 27.3. The Labute approximate surface area is 127 Å². The molecule has 6 heteroatoms. The van der Waals surface area contributed by atoms with E-state index in [2.05, 4.69) is 16.5 Å². The Kier molecular flexibility index (Phi) is 5.24. The SMILES string of the molecule is Cc1cc(N)ccc1S(=O)(=O)NCCN1CCC(C)CC1. The average molecular weight is 311 g/mol. The second kappa shape index (κ2) is 6.77. The van der Waals surface area contributed by atoms with E-state index in [9.17, 15) is 8.42 Å². The topological polar surface area (TPSA) is 75.4 Å². The van der Waals surface area contributed by atoms with Crippen LogP contribution >= 0.6 is 0 Å². The third kappa shape index (κ3) is 4.43. The Morgan fingerprint density at radius 3 is 2.62 bits per heavy atom. The van der Waals surface area contributed by atoms with Gasteiger partial charge in [-0.15, -0.1) is 0 Å². The van der Waals surface area contributed by atoms with Gasteiger partial charge in [0.25, 0.3) is 0 Å². The second-order valence-electron chi connectivity index (χ2n) is 5.95. The molecule has 0 bridgehead atoms. The Balaban J connectivity index is 1.89. The molecule has 1 fully saturated rings. The van der Waals surface area contributed by atoms with Gasteiger partial charge in [0.2, 0.25) is 10.0 Å². The van der Waals surface area contributed by atoms with Gasteiger partial charge < -0.3 is 10.6 Å². The largest absolute Gasteiger partial charge is 0.399 e. The van der Waals surface area contributed by atoms with E-state index in [1.165, 1.54) is 12.8 Å². The van der Waals surface area contributed by atoms with Gasteiger partial charge in [0.05, 0.1) is 4.90 Å². The number of nitrogen functional groups attached to an aromatic ring is 1. The van der Waals surface area contributed by atoms with Gasteiger partial charge in [0.1, 0.15) is 0 Å². The van der Waals surface area contributed by atoms with Crippen molar-refractivity contribution in [3.05, 3.63) is 23.8 Å². The van der Waals surface area contributed by atoms with Gasteiger partial charge in [-0.25, -0.2) is 13.1 Å². The summed E-state index contributed by atoms with van der Waals surface area (Å²) in [4.78, 5) is 2.63. The molecule has 0 atom stereocenters. The van der Waals surface area contributed by atoms with Gasteiger partial charge in [0, 0.05) is 18.8 Å². The van der Waals surface area contributed by atoms with Gasteiger partial charge in [-0.3, -0.25) is 0 Å². The lowest BCUT2D eigenvalue weighted by molar-refractivity contribution is 0.195. The summed E-state index contributed by atoms with van der Waals surface area (Å²) in [5.41, 5.74) is 6.91. The summed E-state index contributed by atoms with van der Waals surface area (Å²) in [7, 11) is -3.45. The number of aryl methyl sites for hydroxylation is 1. The number of likely N-dealkylation sites (tertiary alicyclic amines) is 1. The van der Waals surface area contributed by atoms with E-state index >= 15 is 0 Å². The fraction of sp³-hybridized carbons (Fsp3) is 0.600. The van der Waals surface area contributed by atoms with Crippen LogP contribution < -0.4 is 10.5 Å². The number of nitrogens with two attached hydrogens (primary N) is 1. The van der Waals surface area contributed by atoms with Crippen molar-refractivity contribution in [2.24, 2.45) is 5.92 Å². The van der Waals surface area contributed by atoms with E-state index in [0.29, 0.717) is 22.7 Å². The summed E-state index contributed by atoms with van der Waals surface area (Å²) in [6.45, 7) is 7.36. The highest BCUT2D eigenvalue weighted by Crippen LogP contribution is 2.18. The van der Waals surface area contributed by atoms with Gasteiger partial charge in [0.15, 0.2) is 0 Å². The van der Waals surface area contributed by atoms with Crippen LogP contribution in [-0.2, 0) is 10.0 Å². The highest BCUT2D eigenvalue weighted by Gasteiger charge is 2.18. The highest BCUT2D eigenvalue weighted by molar-refractivity contribution is 7.89. The highest BCUT2D eigenvalue weighted by atomic mass is 32.2. The molecule has 1 heterocycles. The number of hydrogen-bond acceptors (Lipinski definition) is 4. The van der Waals surface area contributed by atoms with E-state index in [1.54, 1.807) is 25.1 Å². The molecule has 0 amide bonds. The molecule has 1 aromatic rings. The maximum atomic E-state index is 12.3. The molecule has 1 aromatic carbocycles. The lowest BCUT2D eigenvalue weighted by Crippen LogP contribution is -2.39. The fourth-order valence-electron chi connectivity index (χ4n) is 2.68. The third-order valence-electron chi connectivity index (χ3n) is 4.08. The lowest BCUT2D eigenvalue weighted by atomic mass is 9.99. The molecule has 1 aliphatic heterocycles. The summed E-state index contributed by atoms with van der Waals surface area (Å²) in [6.07, 6.45) is 2.40. The fourth-order valence-corrected chi connectivity index (χ4v) is 3.92. The molecule has 5 nitrogen and oxygen atoms in total. The van der Waals surface area contributed by atoms with Gasteiger partial charge >= 0.3 is 0 Å². The number of piperidine rings is 1. The molecule has 118 valence electrons. The monoisotopic (exact) mass is 311 g/mol. The van der Waals surface area contributed by atoms with Crippen LogP contribution in [0.3, 0.4) is 0 Å². The molecule has 0 unspecified atom stereocenters. The van der Waals surface area contributed by atoms with Crippen molar-refractivity contribution in [1.29, 1.82) is 0 Å². The number of benzene rings is 1. The van der Waals surface area contributed by atoms with Crippen molar-refractivity contribution in [2.45, 2.75) is 31.6 Å². The lowest BCUT2D eigenvalue weighted by Gasteiger charge is -2.30. The minimum absolute atomic E-state index is 0.309. The van der Waals surface area contributed by atoms with Crippen LogP contribution in [0.15, 0.2) is 23.1 Å². The number of sulfonamides is 1. The first-order chi connectivity index (χ1) is 9.88. The normalized spacial score (nSPS) is 18.0. The zero-order valence-corrected chi connectivity index (χ0v) is 13.6. The van der Waals surface area contributed by atoms with Crippen molar-refractivity contribution in [3.8, 4) is 0 Å². The first kappa shape index (κ1) is 16.3.